The summed E-state index contributed by atoms with van der Waals surface area (Å²) < 4.78 is 11.1. The lowest BCUT2D eigenvalue weighted by Gasteiger charge is -2.13. The van der Waals surface area contributed by atoms with Gasteiger partial charge in [0.2, 0.25) is 0 Å². The van der Waals surface area contributed by atoms with Gasteiger partial charge in [-0.2, -0.15) is 0 Å². The maximum Gasteiger partial charge on any atom is 0.123 e. The van der Waals surface area contributed by atoms with Crippen LogP contribution in [0.25, 0.3) is 0 Å². The molecule has 0 spiro atoms. The SMILES string of the molecule is COc1cc(CN)cc(OCC2CCCC2)c1. The van der Waals surface area contributed by atoms with Crippen molar-refractivity contribution in [2.24, 2.45) is 11.7 Å². The molecular formula is C14H21NO2. The van der Waals surface area contributed by atoms with Gasteiger partial charge in [-0.15, -0.1) is 0 Å². The molecule has 1 aromatic carbocycles. The summed E-state index contributed by atoms with van der Waals surface area (Å²) in [5, 5.41) is 0. The van der Waals surface area contributed by atoms with Gasteiger partial charge in [0.1, 0.15) is 11.5 Å². The van der Waals surface area contributed by atoms with E-state index in [2.05, 4.69) is 0 Å². The number of hydrogen-bond acceptors (Lipinski definition) is 3. The Morgan fingerprint density at radius 3 is 2.53 bits per heavy atom. The quantitative estimate of drug-likeness (QED) is 0.853. The number of benzene rings is 1. The van der Waals surface area contributed by atoms with Crippen molar-refractivity contribution >= 4 is 0 Å². The van der Waals surface area contributed by atoms with Crippen molar-refractivity contribution in [3.63, 3.8) is 0 Å². The third-order valence-corrected chi connectivity index (χ3v) is 3.37. The predicted octanol–water partition coefficient (Wildman–Crippen LogP) is 2.72. The third-order valence-electron chi connectivity index (χ3n) is 3.37. The second-order valence-electron chi connectivity index (χ2n) is 4.68. The van der Waals surface area contributed by atoms with E-state index in [9.17, 15) is 0 Å². The summed E-state index contributed by atoms with van der Waals surface area (Å²) in [4.78, 5) is 0. The predicted molar refractivity (Wildman–Crippen MR) is 68.3 cm³/mol. The minimum atomic E-state index is 0.511. The van der Waals surface area contributed by atoms with E-state index in [0.717, 1.165) is 29.6 Å². The van der Waals surface area contributed by atoms with Crippen LogP contribution in [-0.4, -0.2) is 13.7 Å². The fourth-order valence-electron chi connectivity index (χ4n) is 2.34. The molecule has 1 aliphatic carbocycles. The molecule has 3 heteroatoms. The van der Waals surface area contributed by atoms with Gasteiger partial charge in [-0.3, -0.25) is 0 Å². The topological polar surface area (TPSA) is 44.5 Å². The van der Waals surface area contributed by atoms with Gasteiger partial charge < -0.3 is 15.2 Å². The summed E-state index contributed by atoms with van der Waals surface area (Å²) in [6.45, 7) is 1.33. The van der Waals surface area contributed by atoms with Crippen LogP contribution in [0.4, 0.5) is 0 Å². The molecule has 0 atom stereocenters. The van der Waals surface area contributed by atoms with Gasteiger partial charge >= 0.3 is 0 Å². The molecule has 0 aromatic heterocycles. The summed E-state index contributed by atoms with van der Waals surface area (Å²) in [5.74, 6) is 2.41. The zero-order valence-electron chi connectivity index (χ0n) is 10.4. The summed E-state index contributed by atoms with van der Waals surface area (Å²) in [6.07, 6.45) is 5.29. The molecule has 0 radical (unpaired) electrons. The normalized spacial score (nSPS) is 16.1. The molecule has 1 fully saturated rings. The Morgan fingerprint density at radius 1 is 1.18 bits per heavy atom. The monoisotopic (exact) mass is 235 g/mol. The Labute approximate surface area is 103 Å². The van der Waals surface area contributed by atoms with Crippen LogP contribution in [0.3, 0.4) is 0 Å². The minimum Gasteiger partial charge on any atom is -0.497 e. The van der Waals surface area contributed by atoms with Gasteiger partial charge in [0.15, 0.2) is 0 Å². The second kappa shape index (κ2) is 5.92. The van der Waals surface area contributed by atoms with Crippen molar-refractivity contribution in [2.45, 2.75) is 32.2 Å². The van der Waals surface area contributed by atoms with Crippen LogP contribution in [-0.2, 0) is 6.54 Å². The van der Waals surface area contributed by atoms with Crippen LogP contribution in [0, 0.1) is 5.92 Å². The molecule has 0 amide bonds. The van der Waals surface area contributed by atoms with Crippen LogP contribution in [0.15, 0.2) is 18.2 Å². The zero-order chi connectivity index (χ0) is 12.1. The van der Waals surface area contributed by atoms with E-state index in [1.165, 1.54) is 25.7 Å². The first-order valence-electron chi connectivity index (χ1n) is 6.32. The molecule has 0 heterocycles. The van der Waals surface area contributed by atoms with Gasteiger partial charge in [0.05, 0.1) is 13.7 Å². The molecule has 0 aliphatic heterocycles. The maximum absolute atomic E-state index is 5.84. The van der Waals surface area contributed by atoms with Crippen LogP contribution < -0.4 is 15.2 Å². The number of methoxy groups -OCH3 is 1. The zero-order valence-corrected chi connectivity index (χ0v) is 10.4. The van der Waals surface area contributed by atoms with E-state index in [1.807, 2.05) is 18.2 Å². The van der Waals surface area contributed by atoms with Crippen LogP contribution >= 0.6 is 0 Å². The number of rotatable bonds is 5. The van der Waals surface area contributed by atoms with Gasteiger partial charge in [-0.25, -0.2) is 0 Å². The standard InChI is InChI=1S/C14H21NO2/c1-16-13-6-12(9-15)7-14(8-13)17-10-11-4-2-3-5-11/h6-8,11H,2-5,9-10,15H2,1H3. The average molecular weight is 235 g/mol. The molecule has 0 bridgehead atoms. The van der Waals surface area contributed by atoms with Crippen molar-refractivity contribution in [1.82, 2.24) is 0 Å². The maximum atomic E-state index is 5.84. The average Bonchev–Trinajstić information content (AvgIpc) is 2.89. The summed E-state index contributed by atoms with van der Waals surface area (Å²) in [7, 11) is 1.66. The Kier molecular flexibility index (Phi) is 4.26. The van der Waals surface area contributed by atoms with E-state index >= 15 is 0 Å². The molecule has 17 heavy (non-hydrogen) atoms. The highest BCUT2D eigenvalue weighted by Crippen LogP contribution is 2.27. The second-order valence-corrected chi connectivity index (χ2v) is 4.68. The van der Waals surface area contributed by atoms with Crippen molar-refractivity contribution < 1.29 is 9.47 Å². The fraction of sp³-hybridized carbons (Fsp3) is 0.571. The number of nitrogens with two attached hydrogens (primary N) is 1. The minimum absolute atomic E-state index is 0.511. The third kappa shape index (κ3) is 3.37. The Balaban J connectivity index is 1.98. The Morgan fingerprint density at radius 2 is 1.88 bits per heavy atom. The number of ether oxygens (including phenoxy) is 2. The first-order valence-corrected chi connectivity index (χ1v) is 6.32. The van der Waals surface area contributed by atoms with Gasteiger partial charge in [-0.05, 0) is 36.5 Å². The molecule has 0 saturated heterocycles. The van der Waals surface area contributed by atoms with Gasteiger partial charge in [0, 0.05) is 12.6 Å². The molecular weight excluding hydrogens is 214 g/mol. The highest BCUT2D eigenvalue weighted by Gasteiger charge is 2.15. The first kappa shape index (κ1) is 12.2. The molecule has 2 rings (SSSR count). The van der Waals surface area contributed by atoms with E-state index in [0.29, 0.717) is 6.54 Å². The highest BCUT2D eigenvalue weighted by molar-refractivity contribution is 5.38. The molecule has 2 N–H and O–H groups in total. The lowest BCUT2D eigenvalue weighted by atomic mass is 10.1. The smallest absolute Gasteiger partial charge is 0.123 e. The Bertz CT molecular complexity index is 337. The van der Waals surface area contributed by atoms with Crippen molar-refractivity contribution in [3.8, 4) is 11.5 Å². The van der Waals surface area contributed by atoms with Crippen LogP contribution in [0.2, 0.25) is 0 Å². The molecule has 0 unspecified atom stereocenters. The highest BCUT2D eigenvalue weighted by atomic mass is 16.5. The van der Waals surface area contributed by atoms with Crippen molar-refractivity contribution in [2.75, 3.05) is 13.7 Å². The van der Waals surface area contributed by atoms with E-state index < -0.39 is 0 Å². The summed E-state index contributed by atoms with van der Waals surface area (Å²) in [6, 6.07) is 5.87. The van der Waals surface area contributed by atoms with E-state index in [-0.39, 0.29) is 0 Å². The molecule has 1 aliphatic rings. The van der Waals surface area contributed by atoms with Crippen LogP contribution in [0.1, 0.15) is 31.2 Å². The van der Waals surface area contributed by atoms with E-state index in [1.54, 1.807) is 7.11 Å². The molecule has 1 saturated carbocycles. The van der Waals surface area contributed by atoms with Crippen molar-refractivity contribution in [3.05, 3.63) is 23.8 Å². The largest absolute Gasteiger partial charge is 0.497 e. The summed E-state index contributed by atoms with van der Waals surface area (Å²) in [5.41, 5.74) is 6.70. The molecule has 3 nitrogen and oxygen atoms in total. The Hall–Kier alpha value is -1.22. The van der Waals surface area contributed by atoms with Crippen molar-refractivity contribution in [1.29, 1.82) is 0 Å². The molecule has 94 valence electrons. The van der Waals surface area contributed by atoms with Gasteiger partial charge in [-0.1, -0.05) is 12.8 Å². The molecule has 1 aromatic rings. The van der Waals surface area contributed by atoms with Crippen LogP contribution in [0.5, 0.6) is 11.5 Å². The lowest BCUT2D eigenvalue weighted by Crippen LogP contribution is -2.08. The van der Waals surface area contributed by atoms with Gasteiger partial charge in [0.25, 0.3) is 0 Å². The first-order chi connectivity index (χ1) is 8.31. The summed E-state index contributed by atoms with van der Waals surface area (Å²) >= 11 is 0. The number of hydrogen-bond donors (Lipinski definition) is 1. The van der Waals surface area contributed by atoms with E-state index in [4.69, 9.17) is 15.2 Å². The fourth-order valence-corrected chi connectivity index (χ4v) is 2.34. The lowest BCUT2D eigenvalue weighted by molar-refractivity contribution is 0.251.